The summed E-state index contributed by atoms with van der Waals surface area (Å²) >= 11 is 0. The van der Waals surface area contributed by atoms with E-state index in [-0.39, 0.29) is 17.2 Å². The molecule has 0 bridgehead atoms. The van der Waals surface area contributed by atoms with Gasteiger partial charge in [0, 0.05) is 41.9 Å². The molecule has 0 radical (unpaired) electrons. The molecule has 8 heteroatoms. The number of fused-ring (bicyclic) bond motifs is 1. The summed E-state index contributed by atoms with van der Waals surface area (Å²) in [6.45, 7) is 4.98. The molecule has 0 spiro atoms. The van der Waals surface area contributed by atoms with Gasteiger partial charge >= 0.3 is 0 Å². The Balaban J connectivity index is 1.50. The van der Waals surface area contributed by atoms with Gasteiger partial charge in [-0.25, -0.2) is 4.39 Å². The number of nitrogens with one attached hydrogen (secondary N) is 1. The standard InChI is InChI=1S/C33H30FN3O4/c1-20(2)18-37-33(39)24-6-10-28(40-19-21-11-13-36-14-12-21)25(17-24)15-22-3-9-29-27(16-22)30(32(35)38)31(41-29)23-4-7-26(34)8-5-23/h3-14,16-17,20H,15,18-19H2,1-2H3,(H2,35,38)(H,37,39). The number of furan rings is 1. The van der Waals surface area contributed by atoms with Crippen LogP contribution in [0.4, 0.5) is 4.39 Å². The van der Waals surface area contributed by atoms with Crippen molar-refractivity contribution >= 4 is 22.8 Å². The molecule has 2 aromatic heterocycles. The van der Waals surface area contributed by atoms with Crippen LogP contribution in [0.25, 0.3) is 22.3 Å². The van der Waals surface area contributed by atoms with Crippen LogP contribution in [-0.4, -0.2) is 23.3 Å². The number of halogens is 1. The van der Waals surface area contributed by atoms with Crippen molar-refractivity contribution in [3.05, 3.63) is 119 Å². The predicted octanol–water partition coefficient (Wildman–Crippen LogP) is 6.29. The maximum Gasteiger partial charge on any atom is 0.253 e. The molecule has 0 saturated heterocycles. The molecule has 0 unspecified atom stereocenters. The second-order valence-corrected chi connectivity index (χ2v) is 10.3. The van der Waals surface area contributed by atoms with E-state index in [1.54, 1.807) is 42.7 Å². The van der Waals surface area contributed by atoms with Crippen molar-refractivity contribution in [3.8, 4) is 17.1 Å². The Labute approximate surface area is 237 Å². The highest BCUT2D eigenvalue weighted by Gasteiger charge is 2.21. The van der Waals surface area contributed by atoms with E-state index in [1.807, 2.05) is 44.2 Å². The fourth-order valence-electron chi connectivity index (χ4n) is 4.56. The molecule has 5 aromatic rings. The van der Waals surface area contributed by atoms with Crippen LogP contribution in [0, 0.1) is 11.7 Å². The minimum atomic E-state index is -0.648. The second kappa shape index (κ2) is 12.0. The normalized spacial score (nSPS) is 11.1. The van der Waals surface area contributed by atoms with Crippen LogP contribution in [0.5, 0.6) is 5.75 Å². The van der Waals surface area contributed by atoms with Crippen LogP contribution in [0.15, 0.2) is 89.6 Å². The van der Waals surface area contributed by atoms with Gasteiger partial charge in [0.15, 0.2) is 0 Å². The summed E-state index contributed by atoms with van der Waals surface area (Å²) < 4.78 is 25.7. The van der Waals surface area contributed by atoms with E-state index >= 15 is 0 Å². The topological polar surface area (TPSA) is 107 Å². The lowest BCUT2D eigenvalue weighted by atomic mass is 9.98. The summed E-state index contributed by atoms with van der Waals surface area (Å²) in [5.41, 5.74) is 10.2. The molecule has 0 aliphatic heterocycles. The maximum absolute atomic E-state index is 13.5. The van der Waals surface area contributed by atoms with Crippen molar-refractivity contribution in [3.63, 3.8) is 0 Å². The summed E-state index contributed by atoms with van der Waals surface area (Å²) in [6.07, 6.45) is 3.83. The number of primary amides is 1. The number of nitrogens with zero attached hydrogens (tertiary/aromatic N) is 1. The van der Waals surface area contributed by atoms with Crippen LogP contribution in [0.1, 0.15) is 51.3 Å². The van der Waals surface area contributed by atoms with E-state index in [0.717, 1.165) is 16.7 Å². The monoisotopic (exact) mass is 551 g/mol. The Bertz CT molecular complexity index is 1700. The van der Waals surface area contributed by atoms with Crippen molar-refractivity contribution in [2.24, 2.45) is 11.7 Å². The highest BCUT2D eigenvalue weighted by atomic mass is 19.1. The minimum Gasteiger partial charge on any atom is -0.489 e. The molecule has 0 aliphatic carbocycles. The first-order chi connectivity index (χ1) is 19.8. The highest BCUT2D eigenvalue weighted by molar-refractivity contribution is 6.10. The van der Waals surface area contributed by atoms with Crippen molar-refractivity contribution in [1.82, 2.24) is 10.3 Å². The predicted molar refractivity (Wildman–Crippen MR) is 155 cm³/mol. The van der Waals surface area contributed by atoms with Crippen LogP contribution in [-0.2, 0) is 13.0 Å². The Kier molecular flexibility index (Phi) is 8.10. The number of carbonyl (C=O) groups is 2. The number of rotatable bonds is 10. The number of benzene rings is 3. The molecule has 208 valence electrons. The average molecular weight is 552 g/mol. The third-order valence-electron chi connectivity index (χ3n) is 6.64. The molecule has 0 fully saturated rings. The minimum absolute atomic E-state index is 0.161. The van der Waals surface area contributed by atoms with E-state index in [9.17, 15) is 14.0 Å². The number of amides is 2. The first-order valence-electron chi connectivity index (χ1n) is 13.3. The Hall–Kier alpha value is -4.98. The molecule has 7 nitrogen and oxygen atoms in total. The summed E-state index contributed by atoms with van der Waals surface area (Å²) in [6, 6.07) is 20.4. The third kappa shape index (κ3) is 6.44. The first-order valence-corrected chi connectivity index (χ1v) is 13.3. The zero-order valence-corrected chi connectivity index (χ0v) is 22.8. The van der Waals surface area contributed by atoms with Crippen LogP contribution < -0.4 is 15.8 Å². The smallest absolute Gasteiger partial charge is 0.253 e. The SMILES string of the molecule is CC(C)CNC(=O)c1ccc(OCc2ccncc2)c(Cc2ccc3oc(-c4ccc(F)cc4)c(C(N)=O)c3c2)c1. The van der Waals surface area contributed by atoms with Crippen LogP contribution in [0.3, 0.4) is 0 Å². The summed E-state index contributed by atoms with van der Waals surface area (Å²) in [7, 11) is 0. The van der Waals surface area contributed by atoms with Gasteiger partial charge in [-0.1, -0.05) is 19.9 Å². The summed E-state index contributed by atoms with van der Waals surface area (Å²) in [5, 5.41) is 3.51. The van der Waals surface area contributed by atoms with E-state index in [4.69, 9.17) is 14.9 Å². The quantitative estimate of drug-likeness (QED) is 0.212. The Morgan fingerprint density at radius 1 is 0.976 bits per heavy atom. The van der Waals surface area contributed by atoms with E-state index in [2.05, 4.69) is 10.3 Å². The zero-order chi connectivity index (χ0) is 28.9. The van der Waals surface area contributed by atoms with Gasteiger partial charge in [-0.3, -0.25) is 14.6 Å². The lowest BCUT2D eigenvalue weighted by Gasteiger charge is -2.14. The van der Waals surface area contributed by atoms with Crippen LogP contribution >= 0.6 is 0 Å². The molecule has 0 saturated carbocycles. The van der Waals surface area contributed by atoms with Crippen molar-refractivity contribution in [1.29, 1.82) is 0 Å². The number of nitrogens with two attached hydrogens (primary N) is 1. The number of ether oxygens (including phenoxy) is 1. The number of hydrogen-bond donors (Lipinski definition) is 2. The Morgan fingerprint density at radius 3 is 2.44 bits per heavy atom. The fourth-order valence-corrected chi connectivity index (χ4v) is 4.56. The Morgan fingerprint density at radius 2 is 1.73 bits per heavy atom. The molecule has 0 aliphatic rings. The number of carbonyl (C=O) groups excluding carboxylic acids is 2. The van der Waals surface area contributed by atoms with Gasteiger partial charge in [0.05, 0.1) is 5.56 Å². The van der Waals surface area contributed by atoms with E-state index in [0.29, 0.717) is 53.3 Å². The van der Waals surface area contributed by atoms with E-state index in [1.165, 1.54) is 12.1 Å². The number of pyridine rings is 1. The van der Waals surface area contributed by atoms with Gasteiger partial charge in [0.2, 0.25) is 0 Å². The van der Waals surface area contributed by atoms with E-state index < -0.39 is 11.7 Å². The molecule has 5 rings (SSSR count). The summed E-state index contributed by atoms with van der Waals surface area (Å²) in [5.74, 6) is 0.0416. The lowest BCUT2D eigenvalue weighted by molar-refractivity contribution is 0.0947. The third-order valence-corrected chi connectivity index (χ3v) is 6.64. The molecular formula is C33H30FN3O4. The van der Waals surface area contributed by atoms with Gasteiger partial charge in [0.1, 0.15) is 29.5 Å². The van der Waals surface area contributed by atoms with Gasteiger partial charge < -0.3 is 20.2 Å². The highest BCUT2D eigenvalue weighted by Crippen LogP contribution is 2.35. The first kappa shape index (κ1) is 27.6. The second-order valence-electron chi connectivity index (χ2n) is 10.3. The molecule has 3 N–H and O–H groups in total. The van der Waals surface area contributed by atoms with Crippen molar-refractivity contribution < 1.29 is 23.1 Å². The van der Waals surface area contributed by atoms with Crippen LogP contribution in [0.2, 0.25) is 0 Å². The molecule has 2 heterocycles. The van der Waals surface area contributed by atoms with Gasteiger partial charge in [-0.15, -0.1) is 0 Å². The number of hydrogen-bond acceptors (Lipinski definition) is 5. The summed E-state index contributed by atoms with van der Waals surface area (Å²) in [4.78, 5) is 29.4. The maximum atomic E-state index is 13.5. The lowest BCUT2D eigenvalue weighted by Crippen LogP contribution is -2.27. The zero-order valence-electron chi connectivity index (χ0n) is 22.8. The molecule has 0 atom stereocenters. The molecule has 3 aromatic carbocycles. The van der Waals surface area contributed by atoms with Gasteiger partial charge in [0.25, 0.3) is 11.8 Å². The largest absolute Gasteiger partial charge is 0.489 e. The van der Waals surface area contributed by atoms with Gasteiger partial charge in [-0.2, -0.15) is 0 Å². The van der Waals surface area contributed by atoms with Gasteiger partial charge in [-0.05, 0) is 89.3 Å². The average Bonchev–Trinajstić information content (AvgIpc) is 3.35. The van der Waals surface area contributed by atoms with Crippen molar-refractivity contribution in [2.45, 2.75) is 26.9 Å². The molecule has 41 heavy (non-hydrogen) atoms. The van der Waals surface area contributed by atoms with Crippen molar-refractivity contribution in [2.75, 3.05) is 6.54 Å². The molecular weight excluding hydrogens is 521 g/mol. The fraction of sp³-hybridized carbons (Fsp3) is 0.182. The molecule has 2 amide bonds. The number of aromatic nitrogens is 1.